The minimum atomic E-state index is -4.78. The summed E-state index contributed by atoms with van der Waals surface area (Å²) in [6, 6.07) is 5.91. The molecular formula is C17H17ClF3N3O3S. The summed E-state index contributed by atoms with van der Waals surface area (Å²) >= 11 is 5.48. The van der Waals surface area contributed by atoms with Gasteiger partial charge >= 0.3 is 6.18 Å². The maximum Gasteiger partial charge on any atom is 0.417 e. The second-order valence-electron chi connectivity index (χ2n) is 5.75. The minimum absolute atomic E-state index is 0.161. The zero-order valence-electron chi connectivity index (χ0n) is 14.5. The Balaban J connectivity index is 1.85. The number of halogens is 4. The highest BCUT2D eigenvalue weighted by atomic mass is 35.5. The van der Waals surface area contributed by atoms with Crippen LogP contribution in [0.2, 0.25) is 5.02 Å². The van der Waals surface area contributed by atoms with Gasteiger partial charge in [-0.1, -0.05) is 17.7 Å². The van der Waals surface area contributed by atoms with E-state index in [1.807, 2.05) is 6.07 Å². The van der Waals surface area contributed by atoms with Crippen LogP contribution in [-0.2, 0) is 27.4 Å². The first-order chi connectivity index (χ1) is 13.1. The van der Waals surface area contributed by atoms with Crippen LogP contribution in [0.25, 0.3) is 0 Å². The van der Waals surface area contributed by atoms with Crippen LogP contribution in [0.1, 0.15) is 17.5 Å². The Morgan fingerprint density at radius 3 is 2.57 bits per heavy atom. The van der Waals surface area contributed by atoms with Crippen LogP contribution < -0.4 is 10.0 Å². The second-order valence-corrected chi connectivity index (χ2v) is 7.92. The van der Waals surface area contributed by atoms with E-state index in [0.29, 0.717) is 19.0 Å². The summed E-state index contributed by atoms with van der Waals surface area (Å²) in [7, 11) is -4.22. The van der Waals surface area contributed by atoms with Gasteiger partial charge in [-0.3, -0.25) is 9.78 Å². The average molecular weight is 436 g/mol. The molecule has 2 aromatic rings. The Labute approximate surface area is 165 Å². The number of nitrogens with zero attached hydrogens (tertiary/aromatic N) is 1. The zero-order chi connectivity index (χ0) is 20.8. The molecule has 0 atom stereocenters. The Morgan fingerprint density at radius 2 is 1.93 bits per heavy atom. The van der Waals surface area contributed by atoms with Crippen molar-refractivity contribution in [3.05, 3.63) is 58.9 Å². The third kappa shape index (κ3) is 6.47. The summed E-state index contributed by atoms with van der Waals surface area (Å²) in [4.78, 5) is 15.1. The SMILES string of the molecule is O=C(CCNS(=O)(=O)c1ccc(Cl)c(C(F)(F)F)c1)NCCc1cccnc1. The van der Waals surface area contributed by atoms with Gasteiger partial charge in [-0.2, -0.15) is 13.2 Å². The molecule has 1 aromatic carbocycles. The van der Waals surface area contributed by atoms with Crippen molar-refractivity contribution in [2.75, 3.05) is 13.1 Å². The third-order valence-corrected chi connectivity index (χ3v) is 5.44. The van der Waals surface area contributed by atoms with Crippen molar-refractivity contribution in [3.63, 3.8) is 0 Å². The largest absolute Gasteiger partial charge is 0.417 e. The lowest BCUT2D eigenvalue weighted by Gasteiger charge is -2.12. The number of benzene rings is 1. The number of alkyl halides is 3. The summed E-state index contributed by atoms with van der Waals surface area (Å²) in [5.41, 5.74) is -0.308. The van der Waals surface area contributed by atoms with Crippen molar-refractivity contribution in [2.24, 2.45) is 0 Å². The summed E-state index contributed by atoms with van der Waals surface area (Å²) < 4.78 is 65.0. The predicted molar refractivity (Wildman–Crippen MR) is 97.2 cm³/mol. The van der Waals surface area contributed by atoms with Gasteiger partial charge in [-0.05, 0) is 36.2 Å². The number of hydrogen-bond acceptors (Lipinski definition) is 4. The van der Waals surface area contributed by atoms with Crippen LogP contribution >= 0.6 is 11.6 Å². The van der Waals surface area contributed by atoms with Crippen molar-refractivity contribution in [2.45, 2.75) is 23.9 Å². The molecule has 2 rings (SSSR count). The van der Waals surface area contributed by atoms with Crippen LogP contribution in [0.5, 0.6) is 0 Å². The first-order valence-corrected chi connectivity index (χ1v) is 9.98. The smallest absolute Gasteiger partial charge is 0.356 e. The van der Waals surface area contributed by atoms with E-state index in [1.165, 1.54) is 0 Å². The molecule has 0 spiro atoms. The first kappa shape index (κ1) is 22.1. The van der Waals surface area contributed by atoms with Gasteiger partial charge in [0.15, 0.2) is 0 Å². The maximum atomic E-state index is 12.9. The molecule has 0 aliphatic heterocycles. The molecule has 0 unspecified atom stereocenters. The van der Waals surface area contributed by atoms with E-state index >= 15 is 0 Å². The number of aromatic nitrogens is 1. The number of sulfonamides is 1. The number of carbonyl (C=O) groups excluding carboxylic acids is 1. The highest BCUT2D eigenvalue weighted by Crippen LogP contribution is 2.35. The molecule has 1 amide bonds. The topological polar surface area (TPSA) is 88.2 Å². The molecule has 0 aliphatic carbocycles. The Kier molecular flexibility index (Phi) is 7.39. The van der Waals surface area contributed by atoms with Crippen LogP contribution in [0.15, 0.2) is 47.6 Å². The van der Waals surface area contributed by atoms with Crippen molar-refractivity contribution in [3.8, 4) is 0 Å². The van der Waals surface area contributed by atoms with E-state index in [1.54, 1.807) is 18.5 Å². The van der Waals surface area contributed by atoms with Gasteiger partial charge in [0.1, 0.15) is 0 Å². The highest BCUT2D eigenvalue weighted by molar-refractivity contribution is 7.89. The van der Waals surface area contributed by atoms with Crippen LogP contribution in [0, 0.1) is 0 Å². The molecule has 6 nitrogen and oxygen atoms in total. The molecule has 1 heterocycles. The molecule has 11 heteroatoms. The Hall–Kier alpha value is -2.17. The monoisotopic (exact) mass is 435 g/mol. The van der Waals surface area contributed by atoms with Gasteiger partial charge in [-0.25, -0.2) is 13.1 Å². The van der Waals surface area contributed by atoms with E-state index in [4.69, 9.17) is 11.6 Å². The van der Waals surface area contributed by atoms with Crippen molar-refractivity contribution in [1.29, 1.82) is 0 Å². The lowest BCUT2D eigenvalue weighted by atomic mass is 10.2. The summed E-state index contributed by atoms with van der Waals surface area (Å²) in [5, 5.41) is 2.03. The molecule has 0 bridgehead atoms. The van der Waals surface area contributed by atoms with Crippen LogP contribution in [0.3, 0.4) is 0 Å². The lowest BCUT2D eigenvalue weighted by Crippen LogP contribution is -2.31. The van der Waals surface area contributed by atoms with Gasteiger partial charge in [0.2, 0.25) is 15.9 Å². The molecule has 28 heavy (non-hydrogen) atoms. The molecule has 2 N–H and O–H groups in total. The molecule has 0 saturated carbocycles. The maximum absolute atomic E-state index is 12.9. The zero-order valence-corrected chi connectivity index (χ0v) is 16.0. The van der Waals surface area contributed by atoms with Crippen molar-refractivity contribution >= 4 is 27.5 Å². The fraction of sp³-hybridized carbons (Fsp3) is 0.294. The molecule has 152 valence electrons. The van der Waals surface area contributed by atoms with Gasteiger partial charge < -0.3 is 5.32 Å². The Morgan fingerprint density at radius 1 is 1.18 bits per heavy atom. The summed E-state index contributed by atoms with van der Waals surface area (Å²) in [6.07, 6.45) is -1.08. The fourth-order valence-corrected chi connectivity index (χ4v) is 3.53. The number of rotatable bonds is 8. The lowest BCUT2D eigenvalue weighted by molar-refractivity contribution is -0.137. The van der Waals surface area contributed by atoms with Crippen LogP contribution in [-0.4, -0.2) is 32.4 Å². The van der Waals surface area contributed by atoms with E-state index in [2.05, 4.69) is 15.0 Å². The van der Waals surface area contributed by atoms with E-state index < -0.39 is 37.6 Å². The van der Waals surface area contributed by atoms with Gasteiger partial charge in [0, 0.05) is 31.9 Å². The molecular weight excluding hydrogens is 419 g/mol. The summed E-state index contributed by atoms with van der Waals surface area (Å²) in [5.74, 6) is -0.390. The quantitative estimate of drug-likeness (QED) is 0.667. The minimum Gasteiger partial charge on any atom is -0.356 e. The van der Waals surface area contributed by atoms with Gasteiger partial charge in [-0.15, -0.1) is 0 Å². The van der Waals surface area contributed by atoms with E-state index in [9.17, 15) is 26.4 Å². The molecule has 1 aromatic heterocycles. The Bertz CT molecular complexity index is 922. The molecule has 0 saturated heterocycles. The second kappa shape index (κ2) is 9.35. The van der Waals surface area contributed by atoms with Crippen molar-refractivity contribution in [1.82, 2.24) is 15.0 Å². The molecule has 0 aliphatic rings. The third-order valence-electron chi connectivity index (χ3n) is 3.66. The molecule has 0 fully saturated rings. The predicted octanol–water partition coefficient (Wildman–Crippen LogP) is 2.78. The first-order valence-electron chi connectivity index (χ1n) is 8.11. The number of carbonyl (C=O) groups is 1. The highest BCUT2D eigenvalue weighted by Gasteiger charge is 2.34. The van der Waals surface area contributed by atoms with Gasteiger partial charge in [0.25, 0.3) is 0 Å². The number of pyridine rings is 1. The van der Waals surface area contributed by atoms with Gasteiger partial charge in [0.05, 0.1) is 15.5 Å². The number of nitrogens with one attached hydrogen (secondary N) is 2. The van der Waals surface area contributed by atoms with Crippen molar-refractivity contribution < 1.29 is 26.4 Å². The normalized spacial score (nSPS) is 12.0. The standard InChI is InChI=1S/C17H17ClF3N3O3S/c18-15-4-3-13(10-14(15)17(19,20)21)28(26,27)24-9-6-16(25)23-8-5-12-2-1-7-22-11-12/h1-4,7,10-11,24H,5-6,8-9H2,(H,23,25). The van der Waals surface area contributed by atoms with Crippen LogP contribution in [0.4, 0.5) is 13.2 Å². The fourth-order valence-electron chi connectivity index (χ4n) is 2.25. The van der Waals surface area contributed by atoms with E-state index in [-0.39, 0.29) is 13.0 Å². The number of amides is 1. The van der Waals surface area contributed by atoms with E-state index in [0.717, 1.165) is 17.7 Å². The number of hydrogen-bond donors (Lipinski definition) is 2. The summed E-state index contributed by atoms with van der Waals surface area (Å²) in [6.45, 7) is 0.0917. The molecule has 0 radical (unpaired) electrons. The average Bonchev–Trinajstić information content (AvgIpc) is 2.61.